The van der Waals surface area contributed by atoms with E-state index in [2.05, 4.69) is 25.7 Å². The SMILES string of the molecule is COCC(=O)N[C@H](C(=O)N[C@@H](CCCCNC(=O)OC(C)(C)C)C(=O)N1CCC[C@H]1C(=O)N1CCC[C@H]1C(=O)N[C@@H](CCCC(N)=NS(O)(O)c1c(C)c(C)c2c(c1C)CCC(C)(C)O2)C(C)=O)C(C)C. The third-order valence-corrected chi connectivity index (χ3v) is 15.0. The summed E-state index contributed by atoms with van der Waals surface area (Å²) in [6, 6.07) is -4.81. The quantitative estimate of drug-likeness (QED) is 0.0442. The Bertz CT molecular complexity index is 2160. The zero-order valence-electron chi connectivity index (χ0n) is 44.1. The topological polar surface area (TPSA) is 281 Å². The lowest BCUT2D eigenvalue weighted by Gasteiger charge is -2.38. The summed E-state index contributed by atoms with van der Waals surface area (Å²) in [6.07, 6.45) is 4.16. The summed E-state index contributed by atoms with van der Waals surface area (Å²) in [7, 11) is -2.35. The minimum absolute atomic E-state index is 0.0148. The fourth-order valence-corrected chi connectivity index (χ4v) is 11.1. The van der Waals surface area contributed by atoms with Gasteiger partial charge in [-0.05, 0) is 161 Å². The molecule has 21 heteroatoms. The van der Waals surface area contributed by atoms with Crippen LogP contribution in [0, 0.1) is 26.7 Å². The fraction of sp³-hybridized carbons (Fsp3) is 0.720. The number of hydrogen-bond acceptors (Lipinski definition) is 13. The van der Waals surface area contributed by atoms with Gasteiger partial charge >= 0.3 is 6.09 Å². The van der Waals surface area contributed by atoms with Crippen molar-refractivity contribution in [2.75, 3.05) is 33.4 Å². The second-order valence-electron chi connectivity index (χ2n) is 21.1. The molecule has 3 heterocycles. The molecule has 5 atom stereocenters. The largest absolute Gasteiger partial charge is 0.487 e. The average Bonchev–Trinajstić information content (AvgIpc) is 3.96. The molecule has 0 spiro atoms. The second-order valence-corrected chi connectivity index (χ2v) is 22.8. The van der Waals surface area contributed by atoms with Crippen LogP contribution in [0.4, 0.5) is 4.79 Å². The maximum Gasteiger partial charge on any atom is 0.407 e. The predicted molar refractivity (Wildman–Crippen MR) is 271 cm³/mol. The maximum absolute atomic E-state index is 14.5. The molecule has 2 saturated heterocycles. The number of benzene rings is 1. The minimum atomic E-state index is -3.71. The molecule has 0 unspecified atom stereocenters. The number of nitrogens with one attached hydrogen (secondary N) is 4. The number of ketones is 1. The molecule has 20 nitrogen and oxygen atoms in total. The molecule has 3 aliphatic heterocycles. The Kier molecular flexibility index (Phi) is 20.7. The van der Waals surface area contributed by atoms with Gasteiger partial charge < -0.3 is 51.0 Å². The highest BCUT2D eigenvalue weighted by Crippen LogP contribution is 2.56. The van der Waals surface area contributed by atoms with Crippen LogP contribution >= 0.6 is 10.8 Å². The number of alkyl carbamates (subject to hydrolysis) is 1. The first-order chi connectivity index (χ1) is 33.1. The van der Waals surface area contributed by atoms with Gasteiger partial charge in [-0.1, -0.05) is 24.6 Å². The summed E-state index contributed by atoms with van der Waals surface area (Å²) in [5, 5.41) is 11.0. The molecular formula is C50H82N8O12S. The number of nitrogens with zero attached hydrogens (tertiary/aromatic N) is 3. The lowest BCUT2D eigenvalue weighted by molar-refractivity contribution is -0.148. The lowest BCUT2D eigenvalue weighted by atomic mass is 9.88. The molecule has 8 N–H and O–H groups in total. The van der Waals surface area contributed by atoms with E-state index in [1.165, 1.54) is 23.8 Å². The van der Waals surface area contributed by atoms with Crippen molar-refractivity contribution in [3.63, 3.8) is 0 Å². The highest BCUT2D eigenvalue weighted by atomic mass is 32.3. The Hall–Kier alpha value is -4.99. The zero-order valence-corrected chi connectivity index (χ0v) is 44.9. The van der Waals surface area contributed by atoms with Crippen LogP contribution in [0.3, 0.4) is 0 Å². The molecule has 0 aromatic heterocycles. The number of fused-ring (bicyclic) bond motifs is 1. The van der Waals surface area contributed by atoms with Crippen molar-refractivity contribution in [1.29, 1.82) is 0 Å². The Morgan fingerprint density at radius 1 is 0.887 bits per heavy atom. The van der Waals surface area contributed by atoms with E-state index in [1.54, 1.807) is 34.6 Å². The molecular weight excluding hydrogens is 937 g/mol. The smallest absolute Gasteiger partial charge is 0.407 e. The summed E-state index contributed by atoms with van der Waals surface area (Å²) in [5.41, 5.74) is 8.36. The van der Waals surface area contributed by atoms with Gasteiger partial charge in [0.1, 0.15) is 53.6 Å². The van der Waals surface area contributed by atoms with Crippen LogP contribution in [0.2, 0.25) is 0 Å². The molecule has 1 aromatic carbocycles. The fourth-order valence-electron chi connectivity index (χ4n) is 9.51. The van der Waals surface area contributed by atoms with E-state index in [1.807, 2.05) is 34.6 Å². The predicted octanol–water partition coefficient (Wildman–Crippen LogP) is 5.29. The first-order valence-electron chi connectivity index (χ1n) is 25.0. The number of likely N-dealkylation sites (tertiary alicyclic amines) is 2. The Labute approximate surface area is 421 Å². The number of carbonyl (C=O) groups excluding carboxylic acids is 7. The number of amidine groups is 1. The van der Waals surface area contributed by atoms with Crippen molar-refractivity contribution in [3.05, 3.63) is 22.3 Å². The van der Waals surface area contributed by atoms with Crippen LogP contribution in [0.1, 0.15) is 148 Å². The van der Waals surface area contributed by atoms with Crippen molar-refractivity contribution in [2.45, 2.75) is 200 Å². The van der Waals surface area contributed by atoms with Crippen LogP contribution in [-0.4, -0.2) is 141 Å². The number of methoxy groups -OCH3 is 1. The summed E-state index contributed by atoms with van der Waals surface area (Å²) in [4.78, 5) is 97.4. The third-order valence-electron chi connectivity index (χ3n) is 13.3. The van der Waals surface area contributed by atoms with Crippen LogP contribution < -0.4 is 31.7 Å². The monoisotopic (exact) mass is 1020 g/mol. The van der Waals surface area contributed by atoms with Gasteiger partial charge in [-0.15, -0.1) is 4.40 Å². The molecule has 400 valence electrons. The molecule has 3 aliphatic rings. The van der Waals surface area contributed by atoms with Crippen LogP contribution in [-0.2, 0) is 44.7 Å². The molecule has 4 rings (SSSR count). The van der Waals surface area contributed by atoms with Crippen molar-refractivity contribution < 1.29 is 56.9 Å². The number of Topliss-reactive ketones (excluding diaryl/α,β-unsaturated/α-hetero) is 1. The number of carbonyl (C=O) groups is 7. The molecule has 1 aromatic rings. The van der Waals surface area contributed by atoms with Crippen LogP contribution in [0.15, 0.2) is 9.29 Å². The van der Waals surface area contributed by atoms with Crippen LogP contribution in [0.25, 0.3) is 0 Å². The van der Waals surface area contributed by atoms with E-state index in [0.717, 1.165) is 23.3 Å². The zero-order chi connectivity index (χ0) is 53.2. The van der Waals surface area contributed by atoms with E-state index < -0.39 is 82.2 Å². The molecule has 71 heavy (non-hydrogen) atoms. The van der Waals surface area contributed by atoms with E-state index >= 15 is 0 Å². The van der Waals surface area contributed by atoms with Crippen molar-refractivity contribution in [3.8, 4) is 5.75 Å². The summed E-state index contributed by atoms with van der Waals surface area (Å²) in [6.45, 7) is 20.2. The van der Waals surface area contributed by atoms with Gasteiger partial charge in [-0.3, -0.25) is 37.9 Å². The molecule has 2 fully saturated rings. The van der Waals surface area contributed by atoms with Gasteiger partial charge in [-0.2, -0.15) is 0 Å². The van der Waals surface area contributed by atoms with E-state index in [0.29, 0.717) is 61.0 Å². The second kappa shape index (κ2) is 25.1. The number of rotatable bonds is 22. The van der Waals surface area contributed by atoms with Crippen LogP contribution in [0.5, 0.6) is 5.75 Å². The Morgan fingerprint density at radius 2 is 1.52 bits per heavy atom. The number of unbranched alkanes of at least 4 members (excludes halogenated alkanes) is 1. The van der Waals surface area contributed by atoms with Crippen molar-refractivity contribution in [1.82, 2.24) is 31.1 Å². The number of amides is 6. The highest BCUT2D eigenvalue weighted by molar-refractivity contribution is 8.23. The normalized spacial score (nSPS) is 19.5. The minimum Gasteiger partial charge on any atom is -0.487 e. The van der Waals surface area contributed by atoms with Gasteiger partial charge in [-0.25, -0.2) is 4.79 Å². The van der Waals surface area contributed by atoms with Gasteiger partial charge in [0.25, 0.3) is 0 Å². The van der Waals surface area contributed by atoms with Gasteiger partial charge in [0.2, 0.25) is 29.5 Å². The third kappa shape index (κ3) is 16.0. The highest BCUT2D eigenvalue weighted by Gasteiger charge is 2.44. The Morgan fingerprint density at radius 3 is 2.14 bits per heavy atom. The number of nitrogens with two attached hydrogens (primary N) is 1. The van der Waals surface area contributed by atoms with Gasteiger partial charge in [0, 0.05) is 33.2 Å². The van der Waals surface area contributed by atoms with E-state index in [-0.39, 0.29) is 75.1 Å². The number of hydrogen-bond donors (Lipinski definition) is 7. The molecule has 0 bridgehead atoms. The van der Waals surface area contributed by atoms with Gasteiger partial charge in [0.15, 0.2) is 5.78 Å². The molecule has 6 amide bonds. The first kappa shape index (κ1) is 58.6. The molecule has 0 saturated carbocycles. The standard InChI is InChI=1S/C50H82N8O12S/c1-29(2)41(55-40(60)28-68-12)45(62)54-36(18-13-14-25-52-48(65)70-49(7,8)9)46(63)58-27-17-21-38(58)47(64)57-26-16-20-37(57)44(61)53-35(33(6)59)19-15-22-39(51)56-71(66,67)43-31(4)30(3)42-34(32(43)5)23-24-50(10,11)69-42/h29,35-38,41,66-67H,13-28H2,1-12H3,(H2,51,56)(H,52,65)(H,53,61)(H,54,62)(H,55,60)/t35-,36-,37-,38-,41-/m0/s1. The summed E-state index contributed by atoms with van der Waals surface area (Å²) >= 11 is 0. The van der Waals surface area contributed by atoms with Gasteiger partial charge in [0.05, 0.1) is 10.9 Å². The van der Waals surface area contributed by atoms with E-state index in [9.17, 15) is 42.7 Å². The molecule has 0 radical (unpaired) electrons. The molecule has 0 aliphatic carbocycles. The average molecular weight is 1020 g/mol. The summed E-state index contributed by atoms with van der Waals surface area (Å²) < 4.78 is 43.6. The Balaban J connectivity index is 1.43. The van der Waals surface area contributed by atoms with Crippen molar-refractivity contribution in [2.24, 2.45) is 16.0 Å². The van der Waals surface area contributed by atoms with Crippen molar-refractivity contribution >= 4 is 58.0 Å². The first-order valence-corrected chi connectivity index (χ1v) is 26.5. The number of ether oxygens (including phenoxy) is 3. The summed E-state index contributed by atoms with van der Waals surface area (Å²) in [5.74, 6) is -2.40. The van der Waals surface area contributed by atoms with E-state index in [4.69, 9.17) is 19.9 Å². The maximum atomic E-state index is 14.5. The lowest BCUT2D eigenvalue weighted by Crippen LogP contribution is -2.59.